The Labute approximate surface area is 179 Å². The molecule has 6 nitrogen and oxygen atoms in total. The number of carbonyl (C=O) groups is 1. The van der Waals surface area contributed by atoms with Crippen LogP contribution in [0, 0.1) is 18.3 Å². The number of hydrogen-bond acceptors (Lipinski definition) is 5. The van der Waals surface area contributed by atoms with Gasteiger partial charge in [-0.15, -0.1) is 0 Å². The lowest BCUT2D eigenvalue weighted by atomic mass is 9.99. The minimum Gasteiger partial charge on any atom is -0.304 e. The van der Waals surface area contributed by atoms with E-state index in [1.54, 1.807) is 24.1 Å². The molecule has 1 unspecified atom stereocenters. The van der Waals surface area contributed by atoms with Gasteiger partial charge in [-0.3, -0.25) is 14.7 Å². The molecule has 9 heteroatoms. The van der Waals surface area contributed by atoms with E-state index in [1.807, 2.05) is 6.92 Å². The Balaban J connectivity index is 1.90. The van der Waals surface area contributed by atoms with E-state index in [-0.39, 0.29) is 18.0 Å². The summed E-state index contributed by atoms with van der Waals surface area (Å²) in [6.07, 6.45) is 1.33. The number of nitrogens with zero attached hydrogens (tertiary/aromatic N) is 5. The molecule has 31 heavy (non-hydrogen) atoms. The summed E-state index contributed by atoms with van der Waals surface area (Å²) in [7, 11) is 0. The molecule has 0 radical (unpaired) electrons. The van der Waals surface area contributed by atoms with Crippen LogP contribution in [-0.4, -0.2) is 45.9 Å². The van der Waals surface area contributed by atoms with Crippen molar-refractivity contribution in [2.75, 3.05) is 18.0 Å². The average Bonchev–Trinajstić information content (AvgIpc) is 2.74. The van der Waals surface area contributed by atoms with Crippen LogP contribution in [-0.2, 0) is 6.18 Å². The molecule has 2 aromatic heterocycles. The molecule has 2 aromatic rings. The van der Waals surface area contributed by atoms with E-state index in [0.717, 1.165) is 17.8 Å². The van der Waals surface area contributed by atoms with Crippen LogP contribution in [0.15, 0.2) is 36.8 Å². The van der Waals surface area contributed by atoms with Crippen molar-refractivity contribution in [2.45, 2.75) is 51.4 Å². The Morgan fingerprint density at radius 3 is 2.55 bits per heavy atom. The van der Waals surface area contributed by atoms with E-state index in [1.165, 1.54) is 12.3 Å². The summed E-state index contributed by atoms with van der Waals surface area (Å²) in [5.74, 6) is -0.310. The molecule has 3 rings (SSSR count). The Morgan fingerprint density at radius 2 is 2.00 bits per heavy atom. The minimum atomic E-state index is -4.55. The highest BCUT2D eigenvalue weighted by molar-refractivity contribution is 6.07. The quantitative estimate of drug-likeness (QED) is 0.709. The maximum absolute atomic E-state index is 13.4. The first-order chi connectivity index (χ1) is 14.7. The van der Waals surface area contributed by atoms with Crippen molar-refractivity contribution in [1.82, 2.24) is 14.9 Å². The number of likely N-dealkylation sites (tertiary alicyclic amines) is 1. The fourth-order valence-corrected chi connectivity index (χ4v) is 3.85. The molecule has 0 saturated carbocycles. The first-order valence-corrected chi connectivity index (χ1v) is 10.1. The van der Waals surface area contributed by atoms with Crippen molar-refractivity contribution in [2.24, 2.45) is 0 Å². The third kappa shape index (κ3) is 5.20. The number of anilines is 1. The van der Waals surface area contributed by atoms with Gasteiger partial charge < -0.3 is 4.90 Å². The molecule has 1 amide bonds. The summed E-state index contributed by atoms with van der Waals surface area (Å²) in [6.45, 7) is 5.17. The van der Waals surface area contributed by atoms with E-state index >= 15 is 0 Å². The third-order valence-corrected chi connectivity index (χ3v) is 5.68. The van der Waals surface area contributed by atoms with E-state index < -0.39 is 11.9 Å². The monoisotopic (exact) mass is 431 g/mol. The lowest BCUT2D eigenvalue weighted by Gasteiger charge is -2.40. The molecule has 164 valence electrons. The summed E-state index contributed by atoms with van der Waals surface area (Å²) >= 11 is 0. The molecular formula is C22H24F3N5O. The largest absolute Gasteiger partial charge is 0.433 e. The topological polar surface area (TPSA) is 73.1 Å². The Morgan fingerprint density at radius 1 is 1.29 bits per heavy atom. The second kappa shape index (κ2) is 9.43. The number of amides is 1. The number of hydrogen-bond donors (Lipinski definition) is 0. The van der Waals surface area contributed by atoms with Gasteiger partial charge in [-0.1, -0.05) is 0 Å². The van der Waals surface area contributed by atoms with Crippen LogP contribution >= 0.6 is 0 Å². The van der Waals surface area contributed by atoms with Crippen LogP contribution < -0.4 is 4.90 Å². The van der Waals surface area contributed by atoms with Crippen LogP contribution in [0.25, 0.3) is 0 Å². The third-order valence-electron chi connectivity index (χ3n) is 5.68. The molecule has 0 aliphatic carbocycles. The van der Waals surface area contributed by atoms with Crippen molar-refractivity contribution in [1.29, 1.82) is 5.26 Å². The lowest BCUT2D eigenvalue weighted by molar-refractivity contribution is -0.141. The summed E-state index contributed by atoms with van der Waals surface area (Å²) < 4.78 is 38.9. The van der Waals surface area contributed by atoms with Gasteiger partial charge in [0.25, 0.3) is 5.91 Å². The SMILES string of the molecule is Cc1ccncc1C(=O)N(c1ccc(C(F)(F)F)nc1)C1CCN(C(C)CC#N)CC1. The fraction of sp³-hybridized carbons (Fsp3) is 0.455. The molecule has 0 N–H and O–H groups in total. The number of alkyl halides is 3. The molecule has 1 saturated heterocycles. The lowest BCUT2D eigenvalue weighted by Crippen LogP contribution is -2.49. The Bertz CT molecular complexity index is 947. The number of aromatic nitrogens is 2. The summed E-state index contributed by atoms with van der Waals surface area (Å²) in [6, 6.07) is 6.01. The number of pyridine rings is 2. The zero-order chi connectivity index (χ0) is 22.6. The van der Waals surface area contributed by atoms with Gasteiger partial charge >= 0.3 is 6.18 Å². The summed E-state index contributed by atoms with van der Waals surface area (Å²) in [4.78, 5) is 24.8. The number of halogens is 3. The second-order valence-electron chi connectivity index (χ2n) is 7.74. The predicted molar refractivity (Wildman–Crippen MR) is 109 cm³/mol. The van der Waals surface area contributed by atoms with Gasteiger partial charge in [0.05, 0.1) is 29.9 Å². The normalized spacial score (nSPS) is 16.5. The standard InChI is InChI=1S/C22H24F3N5O/c1-15-6-10-27-14-19(15)21(31)30(18-3-4-20(28-13-18)22(23,24)25)17-7-11-29(12-8-17)16(2)5-9-26/h3-4,6,10,13-14,16-17H,5,7-8,11-12H2,1-2H3. The van der Waals surface area contributed by atoms with E-state index in [4.69, 9.17) is 5.26 Å². The highest BCUT2D eigenvalue weighted by atomic mass is 19.4. The Hall–Kier alpha value is -2.99. The molecule has 0 spiro atoms. The zero-order valence-corrected chi connectivity index (χ0v) is 17.4. The predicted octanol–water partition coefficient (Wildman–Crippen LogP) is 4.22. The maximum Gasteiger partial charge on any atom is 0.433 e. The molecule has 1 atom stereocenters. The fourth-order valence-electron chi connectivity index (χ4n) is 3.85. The van der Waals surface area contributed by atoms with Crippen LogP contribution in [0.2, 0.25) is 0 Å². The molecular weight excluding hydrogens is 407 g/mol. The van der Waals surface area contributed by atoms with Crippen molar-refractivity contribution < 1.29 is 18.0 Å². The van der Waals surface area contributed by atoms with Gasteiger partial charge in [-0.25, -0.2) is 4.98 Å². The van der Waals surface area contributed by atoms with Crippen LogP contribution in [0.1, 0.15) is 47.8 Å². The number of nitriles is 1. The molecule has 3 heterocycles. The Kier molecular flexibility index (Phi) is 6.91. The number of aryl methyl sites for hydroxylation is 1. The van der Waals surface area contributed by atoms with Crippen LogP contribution in [0.3, 0.4) is 0 Å². The molecule has 0 aromatic carbocycles. The van der Waals surface area contributed by atoms with Crippen molar-refractivity contribution in [3.05, 3.63) is 53.6 Å². The minimum absolute atomic E-state index is 0.114. The molecule has 0 bridgehead atoms. The van der Waals surface area contributed by atoms with Gasteiger partial charge in [0, 0.05) is 37.6 Å². The van der Waals surface area contributed by atoms with Gasteiger partial charge in [-0.2, -0.15) is 18.4 Å². The number of carbonyl (C=O) groups excluding carboxylic acids is 1. The highest BCUT2D eigenvalue weighted by Crippen LogP contribution is 2.31. The second-order valence-corrected chi connectivity index (χ2v) is 7.74. The average molecular weight is 431 g/mol. The highest BCUT2D eigenvalue weighted by Gasteiger charge is 2.35. The molecule has 1 fully saturated rings. The van der Waals surface area contributed by atoms with Gasteiger partial charge in [0.15, 0.2) is 0 Å². The van der Waals surface area contributed by atoms with Crippen molar-refractivity contribution in [3.8, 4) is 6.07 Å². The first-order valence-electron chi connectivity index (χ1n) is 10.1. The van der Waals surface area contributed by atoms with Gasteiger partial charge in [0.2, 0.25) is 0 Å². The number of rotatable bonds is 5. The summed E-state index contributed by atoms with van der Waals surface area (Å²) in [5.41, 5.74) is 0.471. The molecule has 1 aliphatic heterocycles. The van der Waals surface area contributed by atoms with E-state index in [9.17, 15) is 18.0 Å². The smallest absolute Gasteiger partial charge is 0.304 e. The van der Waals surface area contributed by atoms with E-state index in [2.05, 4.69) is 20.9 Å². The maximum atomic E-state index is 13.4. The van der Waals surface area contributed by atoms with E-state index in [0.29, 0.717) is 43.6 Å². The van der Waals surface area contributed by atoms with Crippen LogP contribution in [0.5, 0.6) is 0 Å². The van der Waals surface area contributed by atoms with Gasteiger partial charge in [-0.05, 0) is 50.5 Å². The number of piperidine rings is 1. The van der Waals surface area contributed by atoms with Gasteiger partial charge in [0.1, 0.15) is 5.69 Å². The van der Waals surface area contributed by atoms with Crippen LogP contribution in [0.4, 0.5) is 18.9 Å². The first kappa shape index (κ1) is 22.7. The van der Waals surface area contributed by atoms with Crippen molar-refractivity contribution in [3.63, 3.8) is 0 Å². The summed E-state index contributed by atoms with van der Waals surface area (Å²) in [5, 5.41) is 8.94. The zero-order valence-electron chi connectivity index (χ0n) is 17.4. The van der Waals surface area contributed by atoms with Crippen molar-refractivity contribution >= 4 is 11.6 Å². The molecule has 1 aliphatic rings.